The third kappa shape index (κ3) is 4.63. The van der Waals surface area contributed by atoms with Gasteiger partial charge in [-0.25, -0.2) is 0 Å². The topological polar surface area (TPSA) is 37.4 Å². The van der Waals surface area contributed by atoms with Gasteiger partial charge in [-0.05, 0) is 17.6 Å². The van der Waals surface area contributed by atoms with E-state index in [1.54, 1.807) is 11.8 Å². The summed E-state index contributed by atoms with van der Waals surface area (Å²) in [6, 6.07) is 0. The smallest absolute Gasteiger partial charge is 0.242 e. The fourth-order valence-corrected chi connectivity index (χ4v) is 3.12. The number of carbonyl (C=O) groups is 2. The monoisotopic (exact) mass is 271 g/mol. The third-order valence-corrected chi connectivity index (χ3v) is 4.71. The SMILES string of the molecule is CCCCCN1C(=O)CC(SCC(C)(C)C)C1=O. The van der Waals surface area contributed by atoms with Crippen LogP contribution >= 0.6 is 11.8 Å². The Bertz CT molecular complexity index is 309. The first-order valence-electron chi connectivity index (χ1n) is 6.81. The summed E-state index contributed by atoms with van der Waals surface area (Å²) in [5, 5.41) is -0.140. The summed E-state index contributed by atoms with van der Waals surface area (Å²) in [6.45, 7) is 9.19. The molecule has 104 valence electrons. The summed E-state index contributed by atoms with van der Waals surface area (Å²) in [4.78, 5) is 25.4. The molecule has 1 heterocycles. The van der Waals surface area contributed by atoms with Crippen LogP contribution < -0.4 is 0 Å². The highest BCUT2D eigenvalue weighted by Crippen LogP contribution is 2.30. The Morgan fingerprint density at radius 3 is 2.50 bits per heavy atom. The number of hydrogen-bond acceptors (Lipinski definition) is 3. The lowest BCUT2D eigenvalue weighted by Gasteiger charge is -2.19. The third-order valence-electron chi connectivity index (χ3n) is 2.91. The molecule has 1 aliphatic heterocycles. The average molecular weight is 271 g/mol. The van der Waals surface area contributed by atoms with Crippen LogP contribution in [0.25, 0.3) is 0 Å². The molecule has 1 rings (SSSR count). The van der Waals surface area contributed by atoms with Crippen LogP contribution in [-0.4, -0.2) is 34.3 Å². The van der Waals surface area contributed by atoms with Gasteiger partial charge < -0.3 is 0 Å². The minimum absolute atomic E-state index is 0.0162. The second-order valence-corrected chi connectivity index (χ2v) is 7.35. The summed E-state index contributed by atoms with van der Waals surface area (Å²) in [7, 11) is 0. The lowest BCUT2D eigenvalue weighted by molar-refractivity contribution is -0.138. The van der Waals surface area contributed by atoms with Gasteiger partial charge in [0, 0.05) is 13.0 Å². The summed E-state index contributed by atoms with van der Waals surface area (Å²) >= 11 is 1.63. The summed E-state index contributed by atoms with van der Waals surface area (Å²) in [6.07, 6.45) is 3.52. The predicted molar refractivity (Wildman–Crippen MR) is 76.6 cm³/mol. The molecule has 0 aromatic carbocycles. The molecule has 0 aromatic rings. The first-order valence-corrected chi connectivity index (χ1v) is 7.86. The van der Waals surface area contributed by atoms with Crippen molar-refractivity contribution in [1.82, 2.24) is 4.90 Å². The lowest BCUT2D eigenvalue weighted by Crippen LogP contribution is -2.32. The van der Waals surface area contributed by atoms with E-state index in [2.05, 4.69) is 27.7 Å². The van der Waals surface area contributed by atoms with E-state index in [-0.39, 0.29) is 22.5 Å². The maximum atomic E-state index is 12.1. The first kappa shape index (κ1) is 15.5. The maximum Gasteiger partial charge on any atom is 0.242 e. The largest absolute Gasteiger partial charge is 0.282 e. The number of thioether (sulfide) groups is 1. The van der Waals surface area contributed by atoms with Gasteiger partial charge in [0.25, 0.3) is 0 Å². The Labute approximate surface area is 115 Å². The molecule has 2 amide bonds. The van der Waals surface area contributed by atoms with Gasteiger partial charge in [-0.2, -0.15) is 0 Å². The standard InChI is InChI=1S/C14H25NO2S/c1-5-6-7-8-15-12(16)9-11(13(15)17)18-10-14(2,3)4/h11H,5-10H2,1-4H3. The van der Waals surface area contributed by atoms with Crippen LogP contribution in [0.3, 0.4) is 0 Å². The van der Waals surface area contributed by atoms with Gasteiger partial charge in [0.1, 0.15) is 0 Å². The van der Waals surface area contributed by atoms with Crippen molar-refractivity contribution in [2.45, 2.75) is 58.6 Å². The highest BCUT2D eigenvalue weighted by atomic mass is 32.2. The Kier molecular flexibility index (Phi) is 5.70. The van der Waals surface area contributed by atoms with Crippen LogP contribution in [0.4, 0.5) is 0 Å². The zero-order valence-electron chi connectivity index (χ0n) is 12.0. The molecule has 1 atom stereocenters. The molecule has 1 aliphatic rings. The second-order valence-electron chi connectivity index (χ2n) is 6.16. The van der Waals surface area contributed by atoms with Crippen LogP contribution in [0.2, 0.25) is 0 Å². The molecule has 0 spiro atoms. The molecule has 0 radical (unpaired) electrons. The van der Waals surface area contributed by atoms with Crippen molar-refractivity contribution in [3.63, 3.8) is 0 Å². The van der Waals surface area contributed by atoms with Gasteiger partial charge in [-0.15, -0.1) is 11.8 Å². The summed E-state index contributed by atoms with van der Waals surface area (Å²) in [5.74, 6) is 0.965. The maximum absolute atomic E-state index is 12.1. The Morgan fingerprint density at radius 1 is 1.28 bits per heavy atom. The molecule has 0 saturated carbocycles. The van der Waals surface area contributed by atoms with E-state index in [0.717, 1.165) is 25.0 Å². The molecule has 0 bridgehead atoms. The minimum Gasteiger partial charge on any atom is -0.282 e. The van der Waals surface area contributed by atoms with Gasteiger partial charge in [-0.3, -0.25) is 14.5 Å². The van der Waals surface area contributed by atoms with E-state index in [1.165, 1.54) is 4.90 Å². The number of nitrogens with zero attached hydrogens (tertiary/aromatic N) is 1. The van der Waals surface area contributed by atoms with Crippen molar-refractivity contribution >= 4 is 23.6 Å². The van der Waals surface area contributed by atoms with Crippen LogP contribution in [0.5, 0.6) is 0 Å². The van der Waals surface area contributed by atoms with Crippen molar-refractivity contribution < 1.29 is 9.59 Å². The average Bonchev–Trinajstić information content (AvgIpc) is 2.53. The molecule has 1 saturated heterocycles. The molecule has 1 unspecified atom stereocenters. The first-order chi connectivity index (χ1) is 8.35. The van der Waals surface area contributed by atoms with E-state index >= 15 is 0 Å². The van der Waals surface area contributed by atoms with E-state index in [4.69, 9.17) is 0 Å². The van der Waals surface area contributed by atoms with E-state index in [1.807, 2.05) is 0 Å². The molecular weight excluding hydrogens is 246 g/mol. The van der Waals surface area contributed by atoms with Crippen molar-refractivity contribution in [3.8, 4) is 0 Å². The summed E-state index contributed by atoms with van der Waals surface area (Å²) in [5.41, 5.74) is 0.198. The highest BCUT2D eigenvalue weighted by molar-refractivity contribution is 8.00. The van der Waals surface area contributed by atoms with Crippen LogP contribution in [0.1, 0.15) is 53.4 Å². The van der Waals surface area contributed by atoms with Gasteiger partial charge in [0.15, 0.2) is 0 Å². The van der Waals surface area contributed by atoms with Crippen molar-refractivity contribution in [1.29, 1.82) is 0 Å². The number of hydrogen-bond donors (Lipinski definition) is 0. The fourth-order valence-electron chi connectivity index (χ4n) is 1.89. The molecule has 0 N–H and O–H groups in total. The van der Waals surface area contributed by atoms with Gasteiger partial charge in [-0.1, -0.05) is 40.5 Å². The number of rotatable bonds is 6. The number of carbonyl (C=O) groups excluding carboxylic acids is 2. The Hall–Kier alpha value is -0.510. The van der Waals surface area contributed by atoms with Crippen molar-refractivity contribution in [2.75, 3.05) is 12.3 Å². The predicted octanol–water partition coefficient (Wildman–Crippen LogP) is 3.08. The van der Waals surface area contributed by atoms with Crippen molar-refractivity contribution in [3.05, 3.63) is 0 Å². The second kappa shape index (κ2) is 6.60. The quantitative estimate of drug-likeness (QED) is 0.550. The molecule has 4 heteroatoms. The normalized spacial score (nSPS) is 20.9. The fraction of sp³-hybridized carbons (Fsp3) is 0.857. The van der Waals surface area contributed by atoms with E-state index in [0.29, 0.717) is 13.0 Å². The molecule has 0 aliphatic carbocycles. The molecular formula is C14H25NO2S. The van der Waals surface area contributed by atoms with Gasteiger partial charge in [0.2, 0.25) is 11.8 Å². The highest BCUT2D eigenvalue weighted by Gasteiger charge is 2.38. The molecule has 3 nitrogen and oxygen atoms in total. The lowest BCUT2D eigenvalue weighted by atomic mass is 10.0. The van der Waals surface area contributed by atoms with Crippen LogP contribution in [0.15, 0.2) is 0 Å². The minimum atomic E-state index is -0.140. The zero-order valence-corrected chi connectivity index (χ0v) is 12.8. The number of unbranched alkanes of at least 4 members (excludes halogenated alkanes) is 2. The number of amides is 2. The van der Waals surface area contributed by atoms with Crippen LogP contribution in [0, 0.1) is 5.41 Å². The van der Waals surface area contributed by atoms with Gasteiger partial charge in [0.05, 0.1) is 5.25 Å². The van der Waals surface area contributed by atoms with Crippen molar-refractivity contribution in [2.24, 2.45) is 5.41 Å². The molecule has 1 fully saturated rings. The molecule has 18 heavy (non-hydrogen) atoms. The Balaban J connectivity index is 2.45. The number of imide groups is 1. The van der Waals surface area contributed by atoms with E-state index in [9.17, 15) is 9.59 Å². The summed E-state index contributed by atoms with van der Waals surface area (Å²) < 4.78 is 0. The molecule has 0 aromatic heterocycles. The Morgan fingerprint density at radius 2 is 1.94 bits per heavy atom. The van der Waals surface area contributed by atoms with E-state index < -0.39 is 0 Å². The number of likely N-dealkylation sites (tertiary alicyclic amines) is 1. The zero-order chi connectivity index (χ0) is 13.8. The van der Waals surface area contributed by atoms with Crippen LogP contribution in [-0.2, 0) is 9.59 Å². The van der Waals surface area contributed by atoms with Gasteiger partial charge >= 0.3 is 0 Å².